The van der Waals surface area contributed by atoms with E-state index in [1.807, 2.05) is 30.3 Å². The minimum Gasteiger partial charge on any atom is -0.494 e. The normalized spacial score (nSPS) is 13.0. The third kappa shape index (κ3) is 8.67. The van der Waals surface area contributed by atoms with Crippen LogP contribution >= 0.6 is 7.60 Å². The van der Waals surface area contributed by atoms with E-state index in [2.05, 4.69) is 10.0 Å². The van der Waals surface area contributed by atoms with Crippen molar-refractivity contribution < 1.29 is 41.1 Å². The van der Waals surface area contributed by atoms with Gasteiger partial charge in [-0.2, -0.15) is 13.5 Å². The number of rotatable bonds is 14. The average molecular weight is 583 g/mol. The van der Waals surface area contributed by atoms with Crippen LogP contribution in [-0.4, -0.2) is 43.3 Å². The number of amides is 1. The van der Waals surface area contributed by atoms with Crippen molar-refractivity contribution in [2.45, 2.75) is 35.9 Å². The summed E-state index contributed by atoms with van der Waals surface area (Å²) in [6.45, 7) is 0.670. The van der Waals surface area contributed by atoms with Crippen LogP contribution in [0.4, 0.5) is 8.78 Å². The molecule has 9 nitrogen and oxygen atoms in total. The number of ether oxygens (including phenoxy) is 1. The van der Waals surface area contributed by atoms with E-state index in [0.29, 0.717) is 25.0 Å². The second-order valence-electron chi connectivity index (χ2n) is 8.63. The van der Waals surface area contributed by atoms with Crippen molar-refractivity contribution in [3.8, 4) is 5.75 Å². The number of hydrogen-bond donors (Lipinski definition) is 4. The molecular weight excluding hydrogens is 553 g/mol. The van der Waals surface area contributed by atoms with Crippen LogP contribution in [0, 0.1) is 0 Å². The van der Waals surface area contributed by atoms with Crippen LogP contribution in [-0.2, 0) is 31.5 Å². The number of unbranched alkanes of at least 4 members (excludes halogenated alkanes) is 1. The first-order chi connectivity index (χ1) is 18.4. The maximum Gasteiger partial charge on any atom is 0.399 e. The molecule has 0 spiro atoms. The first-order valence-corrected chi connectivity index (χ1v) is 15.1. The van der Waals surface area contributed by atoms with E-state index in [0.717, 1.165) is 30.0 Å². The number of nitrogens with one attached hydrogen (secondary N) is 2. The molecule has 210 valence electrons. The zero-order chi connectivity index (χ0) is 28.5. The number of sulfonamides is 1. The molecule has 0 saturated heterocycles. The minimum atomic E-state index is -5.75. The molecule has 0 radical (unpaired) electrons. The molecule has 0 heterocycles. The molecule has 3 rings (SSSR count). The van der Waals surface area contributed by atoms with Gasteiger partial charge in [-0.05, 0) is 49.1 Å². The number of halogens is 2. The van der Waals surface area contributed by atoms with Crippen molar-refractivity contribution in [3.63, 3.8) is 0 Å². The fourth-order valence-corrected chi connectivity index (χ4v) is 5.26. The predicted molar refractivity (Wildman–Crippen MR) is 141 cm³/mol. The molecule has 0 aliphatic rings. The molecular formula is C26H29F2N2O7PS. The first-order valence-electron chi connectivity index (χ1n) is 12.0. The number of hydrogen-bond acceptors (Lipinski definition) is 5. The van der Waals surface area contributed by atoms with Gasteiger partial charge < -0.3 is 19.8 Å². The van der Waals surface area contributed by atoms with Gasteiger partial charge >= 0.3 is 13.3 Å². The molecule has 1 amide bonds. The van der Waals surface area contributed by atoms with Crippen LogP contribution in [0.3, 0.4) is 0 Å². The zero-order valence-electron chi connectivity index (χ0n) is 20.7. The summed E-state index contributed by atoms with van der Waals surface area (Å²) < 4.78 is 72.9. The molecule has 3 aromatic rings. The van der Waals surface area contributed by atoms with Crippen molar-refractivity contribution in [2.75, 3.05) is 13.2 Å². The Balaban J connectivity index is 1.66. The molecule has 0 saturated carbocycles. The quantitative estimate of drug-likeness (QED) is 0.167. The van der Waals surface area contributed by atoms with Crippen molar-refractivity contribution in [3.05, 3.63) is 96.1 Å². The maximum absolute atomic E-state index is 14.0. The highest BCUT2D eigenvalue weighted by atomic mass is 32.2. The fraction of sp³-hybridized carbons (Fsp3) is 0.269. The third-order valence-corrected chi connectivity index (χ3v) is 8.13. The zero-order valence-corrected chi connectivity index (χ0v) is 22.5. The van der Waals surface area contributed by atoms with E-state index < -0.39 is 40.8 Å². The molecule has 1 unspecified atom stereocenters. The largest absolute Gasteiger partial charge is 0.494 e. The minimum absolute atomic E-state index is 0.0579. The van der Waals surface area contributed by atoms with Gasteiger partial charge in [0.1, 0.15) is 11.8 Å². The summed E-state index contributed by atoms with van der Waals surface area (Å²) in [4.78, 5) is 30.8. The van der Waals surface area contributed by atoms with Crippen molar-refractivity contribution in [2.24, 2.45) is 0 Å². The Morgan fingerprint density at radius 3 is 2.10 bits per heavy atom. The number of carbonyl (C=O) groups is 1. The van der Waals surface area contributed by atoms with Gasteiger partial charge in [-0.3, -0.25) is 9.36 Å². The van der Waals surface area contributed by atoms with Gasteiger partial charge in [0.25, 0.3) is 0 Å². The standard InChI is InChI=1S/C26H29F2N2O7PS/c27-26(28,38(32,33)34)21-15-13-20(14-16-21)19-24(30-39(35,36)23-11-5-2-6-12-23)25(31)29-17-7-8-18-37-22-9-3-1-4-10-22/h1-6,9-16,24,30H,7-8,17-19H2,(H,29,31)(H2,32,33,34). The Hall–Kier alpha value is -3.15. The molecule has 39 heavy (non-hydrogen) atoms. The lowest BCUT2D eigenvalue weighted by Gasteiger charge is -2.20. The Morgan fingerprint density at radius 2 is 1.51 bits per heavy atom. The summed E-state index contributed by atoms with van der Waals surface area (Å²) in [6.07, 6.45) is 0.991. The second-order valence-corrected chi connectivity index (χ2v) is 12.0. The van der Waals surface area contributed by atoms with Crippen molar-refractivity contribution in [1.29, 1.82) is 0 Å². The molecule has 1 atom stereocenters. The molecule has 0 aliphatic carbocycles. The average Bonchev–Trinajstić information content (AvgIpc) is 2.91. The number of carbonyl (C=O) groups excluding carboxylic acids is 1. The van der Waals surface area contributed by atoms with Crippen LogP contribution in [0.15, 0.2) is 89.8 Å². The lowest BCUT2D eigenvalue weighted by Crippen LogP contribution is -2.48. The van der Waals surface area contributed by atoms with E-state index in [9.17, 15) is 26.6 Å². The van der Waals surface area contributed by atoms with Gasteiger partial charge in [0.05, 0.1) is 11.5 Å². The van der Waals surface area contributed by atoms with E-state index in [1.165, 1.54) is 24.3 Å². The number of alkyl halides is 2. The molecule has 4 N–H and O–H groups in total. The van der Waals surface area contributed by atoms with Gasteiger partial charge in [-0.15, -0.1) is 0 Å². The van der Waals surface area contributed by atoms with Crippen LogP contribution < -0.4 is 14.8 Å². The molecule has 13 heteroatoms. The predicted octanol–water partition coefficient (Wildman–Crippen LogP) is 3.78. The summed E-state index contributed by atoms with van der Waals surface area (Å²) in [7, 11) is -9.85. The smallest absolute Gasteiger partial charge is 0.399 e. The summed E-state index contributed by atoms with van der Waals surface area (Å²) >= 11 is 0. The molecule has 0 bridgehead atoms. The van der Waals surface area contributed by atoms with E-state index >= 15 is 0 Å². The summed E-state index contributed by atoms with van der Waals surface area (Å²) in [5, 5.41) is 2.69. The lowest BCUT2D eigenvalue weighted by molar-refractivity contribution is -0.122. The highest BCUT2D eigenvalue weighted by Crippen LogP contribution is 2.59. The van der Waals surface area contributed by atoms with E-state index in [4.69, 9.17) is 14.5 Å². The summed E-state index contributed by atoms with van der Waals surface area (Å²) in [6, 6.07) is 19.4. The number of para-hydroxylation sites is 1. The monoisotopic (exact) mass is 582 g/mol. The highest BCUT2D eigenvalue weighted by molar-refractivity contribution is 7.89. The highest BCUT2D eigenvalue weighted by Gasteiger charge is 2.50. The van der Waals surface area contributed by atoms with E-state index in [-0.39, 0.29) is 17.9 Å². The summed E-state index contributed by atoms with van der Waals surface area (Å²) in [5.74, 6) is 0.101. The van der Waals surface area contributed by atoms with Crippen LogP contribution in [0.1, 0.15) is 24.0 Å². The van der Waals surface area contributed by atoms with E-state index in [1.54, 1.807) is 6.07 Å². The molecule has 0 aromatic heterocycles. The number of benzene rings is 3. The van der Waals surface area contributed by atoms with Crippen LogP contribution in [0.2, 0.25) is 0 Å². The van der Waals surface area contributed by atoms with Gasteiger partial charge in [0.2, 0.25) is 15.9 Å². The van der Waals surface area contributed by atoms with Gasteiger partial charge in [-0.25, -0.2) is 8.42 Å². The van der Waals surface area contributed by atoms with Crippen LogP contribution in [0.5, 0.6) is 5.75 Å². The molecule has 3 aromatic carbocycles. The Kier molecular flexibility index (Phi) is 10.3. The van der Waals surface area contributed by atoms with Gasteiger partial charge in [-0.1, -0.05) is 60.7 Å². The second kappa shape index (κ2) is 13.3. The fourth-order valence-electron chi connectivity index (χ4n) is 3.56. The SMILES string of the molecule is O=C(NCCCCOc1ccccc1)C(Cc1ccc(C(F)(F)P(=O)(O)O)cc1)NS(=O)(=O)c1ccccc1. The molecule has 0 fully saturated rings. The van der Waals surface area contributed by atoms with Crippen molar-refractivity contribution in [1.82, 2.24) is 10.0 Å². The maximum atomic E-state index is 14.0. The third-order valence-electron chi connectivity index (χ3n) is 5.66. The first kappa shape index (κ1) is 30.4. The Labute approximate surface area is 225 Å². The van der Waals surface area contributed by atoms with Crippen molar-refractivity contribution >= 4 is 23.5 Å². The lowest BCUT2D eigenvalue weighted by atomic mass is 10.0. The van der Waals surface area contributed by atoms with Gasteiger partial charge in [0.15, 0.2) is 0 Å². The Morgan fingerprint density at radius 1 is 0.923 bits per heavy atom. The Bertz CT molecular complexity index is 1370. The van der Waals surface area contributed by atoms with Gasteiger partial charge in [0, 0.05) is 12.1 Å². The van der Waals surface area contributed by atoms with Crippen LogP contribution in [0.25, 0.3) is 0 Å². The summed E-state index contributed by atoms with van der Waals surface area (Å²) in [5.41, 5.74) is -4.99. The molecule has 0 aliphatic heterocycles. The topological polar surface area (TPSA) is 142 Å².